The van der Waals surface area contributed by atoms with Gasteiger partial charge in [0.1, 0.15) is 5.60 Å². The molecule has 0 saturated carbocycles. The molecule has 0 aromatic carbocycles. The highest BCUT2D eigenvalue weighted by Crippen LogP contribution is 2.38. The van der Waals surface area contributed by atoms with Crippen molar-refractivity contribution in [3.63, 3.8) is 0 Å². The third-order valence-corrected chi connectivity index (χ3v) is 3.68. The third kappa shape index (κ3) is 4.15. The van der Waals surface area contributed by atoms with Crippen LogP contribution in [0.2, 0.25) is 0 Å². The van der Waals surface area contributed by atoms with Gasteiger partial charge in [-0.2, -0.15) is 0 Å². The van der Waals surface area contributed by atoms with Crippen molar-refractivity contribution in [2.75, 3.05) is 14.2 Å². The highest BCUT2D eigenvalue weighted by molar-refractivity contribution is 5.91. The predicted octanol–water partition coefficient (Wildman–Crippen LogP) is 2.21. The van der Waals surface area contributed by atoms with Crippen LogP contribution in [0.5, 0.6) is 0 Å². The minimum Gasteiger partial charge on any atom is -0.467 e. The van der Waals surface area contributed by atoms with Crippen LogP contribution in [0.25, 0.3) is 0 Å². The van der Waals surface area contributed by atoms with Gasteiger partial charge in [0.15, 0.2) is 5.54 Å². The fourth-order valence-electron chi connectivity index (χ4n) is 2.63. The predicted molar refractivity (Wildman–Crippen MR) is 87.2 cm³/mol. The molecule has 1 amide bonds. The van der Waals surface area contributed by atoms with Crippen molar-refractivity contribution >= 4 is 18.0 Å². The van der Waals surface area contributed by atoms with Gasteiger partial charge < -0.3 is 14.2 Å². The van der Waals surface area contributed by atoms with E-state index in [1.807, 2.05) is 0 Å². The lowest BCUT2D eigenvalue weighted by Crippen LogP contribution is -2.55. The van der Waals surface area contributed by atoms with Crippen LogP contribution in [0, 0.1) is 0 Å². The average Bonchev–Trinajstić information content (AvgIpc) is 2.89. The number of rotatable bonds is 4. The molecular weight excluding hydrogens is 314 g/mol. The molecule has 134 valence electrons. The monoisotopic (exact) mass is 339 g/mol. The highest BCUT2D eigenvalue weighted by atomic mass is 16.6. The summed E-state index contributed by atoms with van der Waals surface area (Å²) in [6.45, 7) is 8.91. The van der Waals surface area contributed by atoms with E-state index < -0.39 is 35.2 Å². The van der Waals surface area contributed by atoms with E-state index >= 15 is 0 Å². The Hall–Kier alpha value is -2.31. The molecule has 0 aliphatic carbocycles. The van der Waals surface area contributed by atoms with Gasteiger partial charge in [0.25, 0.3) is 0 Å². The molecule has 1 saturated heterocycles. The average molecular weight is 339 g/mol. The summed E-state index contributed by atoms with van der Waals surface area (Å²) in [5.41, 5.74) is -2.18. The number of carbonyl (C=O) groups is 3. The number of hydrogen-bond donors (Lipinski definition) is 0. The maximum Gasteiger partial charge on any atom is 0.412 e. The number of likely N-dealkylation sites (tertiary alicyclic amines) is 1. The number of esters is 2. The highest BCUT2D eigenvalue weighted by Gasteiger charge is 2.54. The summed E-state index contributed by atoms with van der Waals surface area (Å²) in [4.78, 5) is 37.9. The van der Waals surface area contributed by atoms with Gasteiger partial charge in [-0.3, -0.25) is 4.90 Å². The Kier molecular flexibility index (Phi) is 6.17. The lowest BCUT2D eigenvalue weighted by Gasteiger charge is -2.37. The van der Waals surface area contributed by atoms with E-state index in [1.165, 1.54) is 25.2 Å². The van der Waals surface area contributed by atoms with Crippen molar-refractivity contribution in [1.29, 1.82) is 0 Å². The summed E-state index contributed by atoms with van der Waals surface area (Å²) in [6, 6.07) is -0.416. The summed E-state index contributed by atoms with van der Waals surface area (Å²) >= 11 is 0. The lowest BCUT2D eigenvalue weighted by atomic mass is 9.95. The number of methoxy groups -OCH3 is 2. The van der Waals surface area contributed by atoms with E-state index in [1.54, 1.807) is 26.8 Å². The second-order valence-electron chi connectivity index (χ2n) is 6.46. The molecule has 1 heterocycles. The molecule has 0 spiro atoms. The summed E-state index contributed by atoms with van der Waals surface area (Å²) in [7, 11) is 2.45. The smallest absolute Gasteiger partial charge is 0.412 e. The molecule has 0 radical (unpaired) electrons. The van der Waals surface area contributed by atoms with Gasteiger partial charge >= 0.3 is 18.0 Å². The summed E-state index contributed by atoms with van der Waals surface area (Å²) in [5.74, 6) is -1.29. The zero-order valence-electron chi connectivity index (χ0n) is 14.8. The van der Waals surface area contributed by atoms with Gasteiger partial charge in [0.2, 0.25) is 0 Å². The first-order valence-corrected chi connectivity index (χ1v) is 7.61. The molecule has 1 aliphatic rings. The fraction of sp³-hybridized carbons (Fsp3) is 0.588. The van der Waals surface area contributed by atoms with E-state index in [9.17, 15) is 14.4 Å². The van der Waals surface area contributed by atoms with Gasteiger partial charge in [-0.15, -0.1) is 6.58 Å². The molecule has 1 aliphatic heterocycles. The Morgan fingerprint density at radius 2 is 1.83 bits per heavy atom. The fourth-order valence-corrected chi connectivity index (χ4v) is 2.63. The number of hydrogen-bond acceptors (Lipinski definition) is 6. The standard InChI is InChI=1S/C17H25NO6/c1-7-12-8-10-17(14(20)23-6,11-9-13(19)22-5)18(12)15(21)24-16(2,3)4/h7,9,11-12H,1,8,10H2,2-6H3/b11-9+/t12-,17-/m0/s1. The molecule has 2 atom stereocenters. The Balaban J connectivity index is 3.34. The Labute approximate surface area is 142 Å². The summed E-state index contributed by atoms with van der Waals surface area (Å²) in [5, 5.41) is 0. The summed E-state index contributed by atoms with van der Waals surface area (Å²) in [6.07, 6.45) is 4.11. The third-order valence-electron chi connectivity index (χ3n) is 3.68. The van der Waals surface area contributed by atoms with Crippen LogP contribution in [0.1, 0.15) is 33.6 Å². The van der Waals surface area contributed by atoms with Crippen molar-refractivity contribution in [2.24, 2.45) is 0 Å². The van der Waals surface area contributed by atoms with Crippen molar-refractivity contribution in [3.8, 4) is 0 Å². The Morgan fingerprint density at radius 1 is 1.21 bits per heavy atom. The molecule has 7 nitrogen and oxygen atoms in total. The van der Waals surface area contributed by atoms with Crippen molar-refractivity contribution < 1.29 is 28.6 Å². The molecular formula is C17H25NO6. The van der Waals surface area contributed by atoms with E-state index in [0.29, 0.717) is 6.42 Å². The minimum atomic E-state index is -1.44. The van der Waals surface area contributed by atoms with Gasteiger partial charge in [0, 0.05) is 6.08 Å². The molecule has 24 heavy (non-hydrogen) atoms. The first kappa shape index (κ1) is 19.7. The molecule has 1 rings (SSSR count). The van der Waals surface area contributed by atoms with Crippen molar-refractivity contribution in [1.82, 2.24) is 4.90 Å². The van der Waals surface area contributed by atoms with E-state index in [0.717, 1.165) is 6.08 Å². The number of amides is 1. The first-order chi connectivity index (χ1) is 11.1. The van der Waals surface area contributed by atoms with Crippen LogP contribution in [0.3, 0.4) is 0 Å². The molecule has 0 N–H and O–H groups in total. The second-order valence-corrected chi connectivity index (χ2v) is 6.46. The van der Waals surface area contributed by atoms with Gasteiger partial charge in [0.05, 0.1) is 20.3 Å². The van der Waals surface area contributed by atoms with Crippen LogP contribution in [0.15, 0.2) is 24.8 Å². The van der Waals surface area contributed by atoms with Crippen LogP contribution in [0.4, 0.5) is 4.79 Å². The van der Waals surface area contributed by atoms with Crippen LogP contribution in [-0.4, -0.2) is 54.3 Å². The number of ether oxygens (including phenoxy) is 3. The van der Waals surface area contributed by atoms with E-state index in [4.69, 9.17) is 9.47 Å². The quantitative estimate of drug-likeness (QED) is 0.338. The molecule has 0 unspecified atom stereocenters. The second kappa shape index (κ2) is 7.51. The SMILES string of the molecule is C=C[C@H]1CC[C@](/C=C/C(=O)OC)(C(=O)OC)N1C(=O)OC(C)(C)C. The number of carbonyl (C=O) groups excluding carboxylic acids is 3. The number of nitrogens with zero attached hydrogens (tertiary/aromatic N) is 1. The zero-order chi connectivity index (χ0) is 18.5. The lowest BCUT2D eigenvalue weighted by molar-refractivity contribution is -0.150. The Bertz CT molecular complexity index is 548. The maximum atomic E-state index is 12.7. The van der Waals surface area contributed by atoms with Crippen LogP contribution in [-0.2, 0) is 23.8 Å². The van der Waals surface area contributed by atoms with E-state index in [2.05, 4.69) is 11.3 Å². The molecule has 1 fully saturated rings. The molecule has 7 heteroatoms. The largest absolute Gasteiger partial charge is 0.467 e. The van der Waals surface area contributed by atoms with Crippen molar-refractivity contribution in [3.05, 3.63) is 24.8 Å². The topological polar surface area (TPSA) is 82.1 Å². The van der Waals surface area contributed by atoms with Gasteiger partial charge in [-0.1, -0.05) is 6.08 Å². The maximum absolute atomic E-state index is 12.7. The first-order valence-electron chi connectivity index (χ1n) is 7.61. The Morgan fingerprint density at radius 3 is 2.29 bits per heavy atom. The molecule has 0 bridgehead atoms. The van der Waals surface area contributed by atoms with Crippen LogP contribution >= 0.6 is 0 Å². The summed E-state index contributed by atoms with van der Waals surface area (Å²) < 4.78 is 14.9. The van der Waals surface area contributed by atoms with E-state index in [-0.39, 0.29) is 6.42 Å². The normalized spacial score (nSPS) is 23.9. The molecule has 0 aromatic rings. The minimum absolute atomic E-state index is 0.281. The van der Waals surface area contributed by atoms with Gasteiger partial charge in [-0.05, 0) is 39.7 Å². The van der Waals surface area contributed by atoms with Crippen LogP contribution < -0.4 is 0 Å². The van der Waals surface area contributed by atoms with Crippen molar-refractivity contribution in [2.45, 2.75) is 50.8 Å². The zero-order valence-corrected chi connectivity index (χ0v) is 14.8. The van der Waals surface area contributed by atoms with Gasteiger partial charge in [-0.25, -0.2) is 14.4 Å². The molecule has 0 aromatic heterocycles.